The number of pyridine rings is 1. The van der Waals surface area contributed by atoms with Crippen LogP contribution in [-0.2, 0) is 25.7 Å². The van der Waals surface area contributed by atoms with Gasteiger partial charge in [-0.2, -0.15) is 0 Å². The molecule has 0 spiro atoms. The third-order valence-electron chi connectivity index (χ3n) is 6.82. The molecule has 1 aliphatic carbocycles. The monoisotopic (exact) mass is 565 g/mol. The van der Waals surface area contributed by atoms with Crippen molar-refractivity contribution < 1.29 is 33.8 Å². The lowest BCUT2D eigenvalue weighted by Crippen LogP contribution is -2.45. The Morgan fingerprint density at radius 2 is 1.48 bits per heavy atom. The van der Waals surface area contributed by atoms with Gasteiger partial charge in [-0.05, 0) is 33.9 Å². The van der Waals surface area contributed by atoms with Crippen molar-refractivity contribution >= 4 is 29.6 Å². The van der Waals surface area contributed by atoms with Gasteiger partial charge in [-0.15, -0.1) is 0 Å². The Morgan fingerprint density at radius 1 is 0.833 bits per heavy atom. The van der Waals surface area contributed by atoms with E-state index in [0.29, 0.717) is 0 Å². The van der Waals surface area contributed by atoms with Gasteiger partial charge in [0.2, 0.25) is 5.91 Å². The Kier molecular flexibility index (Phi) is 8.53. The molecule has 3 aromatic carbocycles. The fraction of sp³-hybridized carbons (Fsp3) is 0.156. The second kappa shape index (κ2) is 12.8. The lowest BCUT2D eigenvalue weighted by atomic mass is 9.98. The molecule has 0 bridgehead atoms. The van der Waals surface area contributed by atoms with Crippen LogP contribution in [0.25, 0.3) is 11.1 Å². The summed E-state index contributed by atoms with van der Waals surface area (Å²) in [6.07, 6.45) is 0.994. The first-order valence-corrected chi connectivity index (χ1v) is 13.2. The summed E-state index contributed by atoms with van der Waals surface area (Å²) in [5.74, 6) is -2.92. The molecule has 1 heterocycles. The number of benzene rings is 3. The van der Waals surface area contributed by atoms with Crippen LogP contribution >= 0.6 is 0 Å². The third kappa shape index (κ3) is 6.61. The number of esters is 1. The number of ether oxygens (including phenoxy) is 2. The predicted molar refractivity (Wildman–Crippen MR) is 153 cm³/mol. The van der Waals surface area contributed by atoms with Gasteiger partial charge >= 0.3 is 18.0 Å². The van der Waals surface area contributed by atoms with Crippen LogP contribution in [0, 0.1) is 0 Å². The number of aromatic nitrogens is 1. The second-order valence-corrected chi connectivity index (χ2v) is 9.63. The zero-order chi connectivity index (χ0) is 29.5. The molecule has 0 radical (unpaired) electrons. The van der Waals surface area contributed by atoms with Gasteiger partial charge in [-0.1, -0.05) is 78.9 Å². The summed E-state index contributed by atoms with van der Waals surface area (Å²) < 4.78 is 10.9. The molecule has 1 atom stereocenters. The molecule has 1 aromatic heterocycles. The largest absolute Gasteiger partial charge is 0.478 e. The molecule has 5 rings (SSSR count). The van der Waals surface area contributed by atoms with Crippen LogP contribution in [0.3, 0.4) is 0 Å². The average molecular weight is 566 g/mol. The highest BCUT2D eigenvalue weighted by Gasteiger charge is 2.30. The number of rotatable bonds is 10. The fourth-order valence-electron chi connectivity index (χ4n) is 4.81. The molecular formula is C32H27N3O7. The van der Waals surface area contributed by atoms with Crippen LogP contribution in [0.5, 0.6) is 0 Å². The molecule has 2 amide bonds. The number of carboxylic acids is 1. The highest BCUT2D eigenvalue weighted by atomic mass is 16.5. The molecule has 0 unspecified atom stereocenters. The van der Waals surface area contributed by atoms with Crippen LogP contribution in [0.1, 0.15) is 39.4 Å². The smallest absolute Gasteiger partial charge is 0.407 e. The van der Waals surface area contributed by atoms with Gasteiger partial charge in [0.15, 0.2) is 0 Å². The van der Waals surface area contributed by atoms with Crippen molar-refractivity contribution in [3.8, 4) is 11.1 Å². The first kappa shape index (κ1) is 28.0. The Bertz CT molecular complexity index is 1580. The molecular weight excluding hydrogens is 538 g/mol. The standard InChI is InChI=1S/C32H27N3O7/c36-29(41-18-20-8-2-1-3-9-20)15-28(30(37)34-22-14-21(31(38)39)16-33-17-22)35-32(40)42-19-27-25-12-6-4-10-23(25)24-11-5-7-13-26(24)27/h1-14,16-17,27-28H,15,18-19H2,(H,34,37)(H,35,40)(H,38,39)/t28-/m0/s1. The zero-order valence-corrected chi connectivity index (χ0v) is 22.4. The maximum Gasteiger partial charge on any atom is 0.407 e. The molecule has 10 nitrogen and oxygen atoms in total. The van der Waals surface area contributed by atoms with Crippen molar-refractivity contribution in [2.45, 2.75) is 25.0 Å². The van der Waals surface area contributed by atoms with Crippen LogP contribution in [0.4, 0.5) is 10.5 Å². The van der Waals surface area contributed by atoms with E-state index in [4.69, 9.17) is 9.47 Å². The molecule has 4 aromatic rings. The van der Waals surface area contributed by atoms with E-state index in [-0.39, 0.29) is 30.4 Å². The Labute approximate surface area is 241 Å². The normalized spacial score (nSPS) is 12.4. The number of hydrogen-bond donors (Lipinski definition) is 3. The molecule has 10 heteroatoms. The molecule has 0 saturated carbocycles. The molecule has 0 aliphatic heterocycles. The first-order valence-electron chi connectivity index (χ1n) is 13.2. The van der Waals surface area contributed by atoms with Crippen molar-refractivity contribution in [3.63, 3.8) is 0 Å². The van der Waals surface area contributed by atoms with Crippen molar-refractivity contribution in [2.24, 2.45) is 0 Å². The van der Waals surface area contributed by atoms with Crippen LogP contribution in [-0.4, -0.2) is 46.7 Å². The van der Waals surface area contributed by atoms with Crippen LogP contribution < -0.4 is 10.6 Å². The minimum Gasteiger partial charge on any atom is -0.478 e. The van der Waals surface area contributed by atoms with Gasteiger partial charge in [0.05, 0.1) is 23.9 Å². The van der Waals surface area contributed by atoms with E-state index < -0.39 is 36.4 Å². The number of carbonyl (C=O) groups excluding carboxylic acids is 3. The maximum absolute atomic E-state index is 13.2. The highest BCUT2D eigenvalue weighted by molar-refractivity contribution is 5.99. The van der Waals surface area contributed by atoms with E-state index in [0.717, 1.165) is 34.0 Å². The summed E-state index contributed by atoms with van der Waals surface area (Å²) in [6, 6.07) is 24.6. The number of amides is 2. The summed E-state index contributed by atoms with van der Waals surface area (Å²) in [6.45, 7) is 0.000757. The fourth-order valence-corrected chi connectivity index (χ4v) is 4.81. The van der Waals surface area contributed by atoms with E-state index in [1.165, 1.54) is 12.3 Å². The minimum absolute atomic E-state index is 0.0104. The summed E-state index contributed by atoms with van der Waals surface area (Å²) in [5, 5.41) is 14.2. The number of alkyl carbamates (subject to hydrolysis) is 1. The number of aromatic carboxylic acids is 1. The van der Waals surface area contributed by atoms with Gasteiger partial charge < -0.3 is 25.2 Å². The molecule has 3 N–H and O–H groups in total. The predicted octanol–water partition coefficient (Wildman–Crippen LogP) is 4.76. The summed E-state index contributed by atoms with van der Waals surface area (Å²) in [5.41, 5.74) is 4.88. The summed E-state index contributed by atoms with van der Waals surface area (Å²) in [4.78, 5) is 53.9. The van der Waals surface area contributed by atoms with Gasteiger partial charge in [-0.3, -0.25) is 14.6 Å². The number of carboxylic acid groups (broad SMARTS) is 1. The third-order valence-corrected chi connectivity index (χ3v) is 6.82. The summed E-state index contributed by atoms with van der Waals surface area (Å²) >= 11 is 0. The maximum atomic E-state index is 13.2. The molecule has 0 saturated heterocycles. The van der Waals surface area contributed by atoms with E-state index in [1.54, 1.807) is 24.3 Å². The first-order chi connectivity index (χ1) is 20.4. The lowest BCUT2D eigenvalue weighted by molar-refractivity contribution is -0.146. The molecule has 1 aliphatic rings. The SMILES string of the molecule is O=C(C[C@H](NC(=O)OCC1c2ccccc2-c2ccccc21)C(=O)Nc1cncc(C(=O)O)c1)OCc1ccccc1. The quantitative estimate of drug-likeness (QED) is 0.234. The zero-order valence-electron chi connectivity index (χ0n) is 22.4. The minimum atomic E-state index is -1.38. The van der Waals surface area contributed by atoms with E-state index in [1.807, 2.05) is 54.6 Å². The van der Waals surface area contributed by atoms with Gasteiger partial charge in [0.25, 0.3) is 0 Å². The average Bonchev–Trinajstić information content (AvgIpc) is 3.33. The highest BCUT2D eigenvalue weighted by Crippen LogP contribution is 2.44. The molecule has 42 heavy (non-hydrogen) atoms. The van der Waals surface area contributed by atoms with E-state index in [2.05, 4.69) is 15.6 Å². The summed E-state index contributed by atoms with van der Waals surface area (Å²) in [7, 11) is 0. The Balaban J connectivity index is 1.27. The molecule has 0 fully saturated rings. The number of carbonyl (C=O) groups is 4. The van der Waals surface area contributed by atoms with Crippen molar-refractivity contribution in [2.75, 3.05) is 11.9 Å². The number of nitrogens with one attached hydrogen (secondary N) is 2. The van der Waals surface area contributed by atoms with Crippen molar-refractivity contribution in [1.29, 1.82) is 0 Å². The van der Waals surface area contributed by atoms with E-state index in [9.17, 15) is 24.3 Å². The number of fused-ring (bicyclic) bond motifs is 3. The number of anilines is 1. The topological polar surface area (TPSA) is 144 Å². The van der Waals surface area contributed by atoms with Crippen LogP contribution in [0.2, 0.25) is 0 Å². The molecule has 212 valence electrons. The van der Waals surface area contributed by atoms with Gasteiger partial charge in [-0.25, -0.2) is 9.59 Å². The number of nitrogens with zero attached hydrogens (tertiary/aromatic N) is 1. The van der Waals surface area contributed by atoms with Crippen molar-refractivity contribution in [1.82, 2.24) is 10.3 Å². The van der Waals surface area contributed by atoms with Crippen LogP contribution in [0.15, 0.2) is 97.3 Å². The lowest BCUT2D eigenvalue weighted by Gasteiger charge is -2.19. The van der Waals surface area contributed by atoms with Crippen molar-refractivity contribution in [3.05, 3.63) is 120 Å². The number of hydrogen-bond acceptors (Lipinski definition) is 7. The Morgan fingerprint density at radius 3 is 2.14 bits per heavy atom. The van der Waals surface area contributed by atoms with Gasteiger partial charge in [0, 0.05) is 12.1 Å². The Hall–Kier alpha value is -5.51. The van der Waals surface area contributed by atoms with E-state index >= 15 is 0 Å². The second-order valence-electron chi connectivity index (χ2n) is 9.63. The van der Waals surface area contributed by atoms with Gasteiger partial charge in [0.1, 0.15) is 19.3 Å².